The van der Waals surface area contributed by atoms with Crippen LogP contribution >= 0.6 is 0 Å². The molecule has 2 aromatic rings. The van der Waals surface area contributed by atoms with E-state index in [1.54, 1.807) is 31.4 Å². The molecular formula is C18H20O5. The minimum absolute atomic E-state index is 0.263. The summed E-state index contributed by atoms with van der Waals surface area (Å²) in [7, 11) is 1.55. The smallest absolute Gasteiger partial charge is 0.345 e. The fourth-order valence-electron chi connectivity index (χ4n) is 2.12. The normalized spacial score (nSPS) is 11.6. The lowest BCUT2D eigenvalue weighted by Gasteiger charge is -2.16. The van der Waals surface area contributed by atoms with Crippen LogP contribution in [0.25, 0.3) is 0 Å². The molecule has 0 saturated carbocycles. The Balaban J connectivity index is 2.07. The van der Waals surface area contributed by atoms with Gasteiger partial charge in [-0.3, -0.25) is 0 Å². The topological polar surface area (TPSA) is 65.0 Å². The highest BCUT2D eigenvalue weighted by molar-refractivity contribution is 5.73. The van der Waals surface area contributed by atoms with Gasteiger partial charge in [-0.15, -0.1) is 0 Å². The van der Waals surface area contributed by atoms with Crippen LogP contribution in [0, 0.1) is 0 Å². The molecule has 2 rings (SSSR count). The molecule has 0 unspecified atom stereocenters. The van der Waals surface area contributed by atoms with E-state index in [-0.39, 0.29) is 6.42 Å². The van der Waals surface area contributed by atoms with Gasteiger partial charge >= 0.3 is 5.97 Å². The summed E-state index contributed by atoms with van der Waals surface area (Å²) in [5.74, 6) is 0.828. The standard InChI is InChI=1S/C18H20O5/c1-3-22-14-9-7-13(8-10-14)11-17(18(19)20)23-16-6-4-5-15(12-16)21-2/h4-10,12,17H,3,11H2,1-2H3,(H,19,20)/t17-/m1/s1. The second-order valence-electron chi connectivity index (χ2n) is 4.90. The van der Waals surface area contributed by atoms with Gasteiger partial charge in [0.05, 0.1) is 13.7 Å². The van der Waals surface area contributed by atoms with Crippen LogP contribution < -0.4 is 14.2 Å². The molecule has 0 fully saturated rings. The van der Waals surface area contributed by atoms with Crippen molar-refractivity contribution in [3.8, 4) is 17.2 Å². The number of methoxy groups -OCH3 is 1. The van der Waals surface area contributed by atoms with Gasteiger partial charge in [0.15, 0.2) is 6.10 Å². The molecule has 0 aliphatic rings. The number of hydrogen-bond acceptors (Lipinski definition) is 4. The zero-order valence-corrected chi connectivity index (χ0v) is 13.2. The summed E-state index contributed by atoms with van der Waals surface area (Å²) in [6, 6.07) is 14.2. The largest absolute Gasteiger partial charge is 0.497 e. The van der Waals surface area contributed by atoms with E-state index in [2.05, 4.69) is 0 Å². The molecule has 0 aromatic heterocycles. The number of carboxylic acid groups (broad SMARTS) is 1. The molecule has 0 saturated heterocycles. The number of aliphatic carboxylic acids is 1. The highest BCUT2D eigenvalue weighted by Gasteiger charge is 2.20. The van der Waals surface area contributed by atoms with E-state index in [1.807, 2.05) is 31.2 Å². The minimum Gasteiger partial charge on any atom is -0.497 e. The summed E-state index contributed by atoms with van der Waals surface area (Å²) in [6.45, 7) is 2.51. The van der Waals surface area contributed by atoms with Gasteiger partial charge in [0.2, 0.25) is 0 Å². The first-order chi connectivity index (χ1) is 11.1. The molecular weight excluding hydrogens is 296 g/mol. The van der Waals surface area contributed by atoms with E-state index in [9.17, 15) is 9.90 Å². The Kier molecular flexibility index (Phi) is 5.86. The fraction of sp³-hybridized carbons (Fsp3) is 0.278. The average Bonchev–Trinajstić information content (AvgIpc) is 2.56. The van der Waals surface area contributed by atoms with Crippen LogP contribution in [0.15, 0.2) is 48.5 Å². The third kappa shape index (κ3) is 4.92. The first kappa shape index (κ1) is 16.7. The van der Waals surface area contributed by atoms with Crippen molar-refractivity contribution in [1.82, 2.24) is 0 Å². The number of rotatable bonds is 8. The Bertz CT molecular complexity index is 636. The Morgan fingerprint density at radius 1 is 1.09 bits per heavy atom. The third-order valence-corrected chi connectivity index (χ3v) is 3.25. The number of carbonyl (C=O) groups is 1. The highest BCUT2D eigenvalue weighted by Crippen LogP contribution is 2.21. The molecule has 0 heterocycles. The molecule has 1 N–H and O–H groups in total. The van der Waals surface area contributed by atoms with Crippen LogP contribution in [-0.4, -0.2) is 30.9 Å². The number of hydrogen-bond donors (Lipinski definition) is 1. The van der Waals surface area contributed by atoms with Gasteiger partial charge in [-0.05, 0) is 36.8 Å². The lowest BCUT2D eigenvalue weighted by molar-refractivity contribution is -0.145. The van der Waals surface area contributed by atoms with Gasteiger partial charge in [0, 0.05) is 12.5 Å². The predicted octanol–water partition coefficient (Wildman–Crippen LogP) is 3.17. The maximum Gasteiger partial charge on any atom is 0.345 e. The minimum atomic E-state index is -1.01. The summed E-state index contributed by atoms with van der Waals surface area (Å²) in [4.78, 5) is 11.5. The van der Waals surface area contributed by atoms with Crippen molar-refractivity contribution in [3.05, 3.63) is 54.1 Å². The average molecular weight is 316 g/mol. The summed E-state index contributed by atoms with van der Waals surface area (Å²) >= 11 is 0. The quantitative estimate of drug-likeness (QED) is 0.810. The molecule has 5 heteroatoms. The van der Waals surface area contributed by atoms with Crippen molar-refractivity contribution in [2.75, 3.05) is 13.7 Å². The first-order valence-corrected chi connectivity index (χ1v) is 7.37. The van der Waals surface area contributed by atoms with Crippen LogP contribution in [0.5, 0.6) is 17.2 Å². The molecule has 1 atom stereocenters. The Labute approximate surface area is 135 Å². The molecule has 0 radical (unpaired) electrons. The van der Waals surface area contributed by atoms with Crippen LogP contribution in [0.2, 0.25) is 0 Å². The van der Waals surface area contributed by atoms with Gasteiger partial charge in [0.25, 0.3) is 0 Å². The van der Waals surface area contributed by atoms with Gasteiger partial charge in [-0.25, -0.2) is 4.79 Å². The van der Waals surface area contributed by atoms with E-state index < -0.39 is 12.1 Å². The zero-order valence-electron chi connectivity index (χ0n) is 13.2. The van der Waals surface area contributed by atoms with Crippen molar-refractivity contribution >= 4 is 5.97 Å². The summed E-state index contributed by atoms with van der Waals surface area (Å²) < 4.78 is 16.1. The summed E-state index contributed by atoms with van der Waals surface area (Å²) in [5.41, 5.74) is 0.865. The molecule has 5 nitrogen and oxygen atoms in total. The van der Waals surface area contributed by atoms with E-state index in [0.29, 0.717) is 18.1 Å². The molecule has 0 amide bonds. The van der Waals surface area contributed by atoms with Gasteiger partial charge in [-0.2, -0.15) is 0 Å². The molecule has 0 spiro atoms. The van der Waals surface area contributed by atoms with E-state index in [0.717, 1.165) is 11.3 Å². The van der Waals surface area contributed by atoms with Crippen molar-refractivity contribution < 1.29 is 24.1 Å². The molecule has 122 valence electrons. The fourth-order valence-corrected chi connectivity index (χ4v) is 2.12. The van der Waals surface area contributed by atoms with Crippen LogP contribution in [0.4, 0.5) is 0 Å². The van der Waals surface area contributed by atoms with Crippen LogP contribution in [0.1, 0.15) is 12.5 Å². The Morgan fingerprint density at radius 2 is 1.78 bits per heavy atom. The molecule has 0 aliphatic carbocycles. The molecule has 0 aliphatic heterocycles. The SMILES string of the molecule is CCOc1ccc(C[C@@H](Oc2cccc(OC)c2)C(=O)O)cc1. The number of carboxylic acids is 1. The predicted molar refractivity (Wildman–Crippen MR) is 86.4 cm³/mol. The van der Waals surface area contributed by atoms with Crippen molar-refractivity contribution in [2.45, 2.75) is 19.4 Å². The number of benzene rings is 2. The molecule has 23 heavy (non-hydrogen) atoms. The molecule has 2 aromatic carbocycles. The molecule has 0 bridgehead atoms. The maximum absolute atomic E-state index is 11.5. The lowest BCUT2D eigenvalue weighted by atomic mass is 10.1. The first-order valence-electron chi connectivity index (χ1n) is 7.37. The Morgan fingerprint density at radius 3 is 2.39 bits per heavy atom. The summed E-state index contributed by atoms with van der Waals surface area (Å²) in [6.07, 6.45) is -0.709. The zero-order chi connectivity index (χ0) is 16.7. The van der Waals surface area contributed by atoms with E-state index in [4.69, 9.17) is 14.2 Å². The summed E-state index contributed by atoms with van der Waals surface area (Å²) in [5, 5.41) is 9.38. The second kappa shape index (κ2) is 8.08. The van der Waals surface area contributed by atoms with Crippen molar-refractivity contribution in [3.63, 3.8) is 0 Å². The van der Waals surface area contributed by atoms with E-state index >= 15 is 0 Å². The van der Waals surface area contributed by atoms with Crippen molar-refractivity contribution in [1.29, 1.82) is 0 Å². The monoisotopic (exact) mass is 316 g/mol. The van der Waals surface area contributed by atoms with Crippen LogP contribution in [0.3, 0.4) is 0 Å². The maximum atomic E-state index is 11.5. The third-order valence-electron chi connectivity index (χ3n) is 3.25. The van der Waals surface area contributed by atoms with E-state index in [1.165, 1.54) is 0 Å². The van der Waals surface area contributed by atoms with Gasteiger partial charge < -0.3 is 19.3 Å². The lowest BCUT2D eigenvalue weighted by Crippen LogP contribution is -2.29. The van der Waals surface area contributed by atoms with Gasteiger partial charge in [-0.1, -0.05) is 18.2 Å². The van der Waals surface area contributed by atoms with Crippen molar-refractivity contribution in [2.24, 2.45) is 0 Å². The van der Waals surface area contributed by atoms with Crippen LogP contribution in [-0.2, 0) is 11.2 Å². The Hall–Kier alpha value is -2.69. The number of ether oxygens (including phenoxy) is 3. The van der Waals surface area contributed by atoms with Gasteiger partial charge in [0.1, 0.15) is 17.2 Å². The second-order valence-corrected chi connectivity index (χ2v) is 4.90. The highest BCUT2D eigenvalue weighted by atomic mass is 16.5.